The lowest BCUT2D eigenvalue weighted by Crippen LogP contribution is -2.42. The molecule has 0 unspecified atom stereocenters. The number of carboxylic acids is 1. The lowest BCUT2D eigenvalue weighted by molar-refractivity contribution is -0.138. The van der Waals surface area contributed by atoms with Crippen LogP contribution in [0.5, 0.6) is 0 Å². The summed E-state index contributed by atoms with van der Waals surface area (Å²) in [5.41, 5.74) is -0.175. The van der Waals surface area contributed by atoms with Gasteiger partial charge in [-0.15, -0.1) is 0 Å². The minimum absolute atomic E-state index is 0.141. The Labute approximate surface area is 121 Å². The van der Waals surface area contributed by atoms with Crippen LogP contribution in [0.1, 0.15) is 36.0 Å². The Kier molecular flexibility index (Phi) is 4.60. The molecule has 2 rings (SSSR count). The summed E-state index contributed by atoms with van der Waals surface area (Å²) in [5, 5.41) is 8.81. The van der Waals surface area contributed by atoms with Crippen LogP contribution < -0.4 is 0 Å². The highest BCUT2D eigenvalue weighted by atomic mass is 35.5. The number of carboxylic acid groups (broad SMARTS) is 1. The molecule has 108 valence electrons. The van der Waals surface area contributed by atoms with E-state index in [0.29, 0.717) is 0 Å². The molecule has 0 aliphatic heterocycles. The van der Waals surface area contributed by atoms with Gasteiger partial charge in [0.25, 0.3) is 5.91 Å². The SMILES string of the molecule is O=C(O)CN(C(=O)c1cccc(Cl)c1F)C1CCCC1. The molecule has 0 saturated heterocycles. The first-order valence-corrected chi connectivity index (χ1v) is 6.85. The second-order valence-electron chi connectivity index (χ2n) is 4.87. The Morgan fingerprint density at radius 3 is 2.60 bits per heavy atom. The number of aliphatic carboxylic acids is 1. The number of hydrogen-bond donors (Lipinski definition) is 1. The van der Waals surface area contributed by atoms with Crippen molar-refractivity contribution in [2.75, 3.05) is 6.54 Å². The van der Waals surface area contributed by atoms with Crippen LogP contribution in [0, 0.1) is 5.82 Å². The van der Waals surface area contributed by atoms with Gasteiger partial charge in [-0.2, -0.15) is 0 Å². The molecule has 1 aliphatic rings. The second-order valence-corrected chi connectivity index (χ2v) is 5.27. The topological polar surface area (TPSA) is 57.6 Å². The highest BCUT2D eigenvalue weighted by molar-refractivity contribution is 6.31. The van der Waals surface area contributed by atoms with E-state index in [1.165, 1.54) is 23.1 Å². The third kappa shape index (κ3) is 3.10. The maximum atomic E-state index is 13.9. The largest absolute Gasteiger partial charge is 0.480 e. The second kappa shape index (κ2) is 6.22. The van der Waals surface area contributed by atoms with Crippen LogP contribution in [-0.4, -0.2) is 34.5 Å². The van der Waals surface area contributed by atoms with Crippen LogP contribution in [0.2, 0.25) is 5.02 Å². The molecule has 1 amide bonds. The third-order valence-electron chi connectivity index (χ3n) is 3.51. The van der Waals surface area contributed by atoms with Crippen LogP contribution in [0.4, 0.5) is 4.39 Å². The maximum Gasteiger partial charge on any atom is 0.323 e. The number of carbonyl (C=O) groups is 2. The van der Waals surface area contributed by atoms with Gasteiger partial charge < -0.3 is 10.0 Å². The van der Waals surface area contributed by atoms with E-state index in [2.05, 4.69) is 0 Å². The zero-order chi connectivity index (χ0) is 14.7. The van der Waals surface area contributed by atoms with Crippen molar-refractivity contribution in [3.8, 4) is 0 Å². The molecule has 1 aromatic rings. The lowest BCUT2D eigenvalue weighted by Gasteiger charge is -2.27. The molecule has 0 bridgehead atoms. The van der Waals surface area contributed by atoms with Gasteiger partial charge in [-0.3, -0.25) is 9.59 Å². The summed E-state index contributed by atoms with van der Waals surface area (Å²) in [6.45, 7) is -0.421. The summed E-state index contributed by atoms with van der Waals surface area (Å²) < 4.78 is 13.9. The molecule has 0 aromatic heterocycles. The molecule has 1 saturated carbocycles. The summed E-state index contributed by atoms with van der Waals surface area (Å²) >= 11 is 5.67. The summed E-state index contributed by atoms with van der Waals surface area (Å²) in [7, 11) is 0. The van der Waals surface area contributed by atoms with Crippen molar-refractivity contribution >= 4 is 23.5 Å². The fourth-order valence-electron chi connectivity index (χ4n) is 2.55. The Morgan fingerprint density at radius 2 is 2.00 bits per heavy atom. The smallest absolute Gasteiger partial charge is 0.323 e. The predicted molar refractivity (Wildman–Crippen MR) is 72.3 cm³/mol. The van der Waals surface area contributed by atoms with Crippen molar-refractivity contribution in [3.63, 3.8) is 0 Å². The highest BCUT2D eigenvalue weighted by Crippen LogP contribution is 2.26. The number of carbonyl (C=O) groups excluding carboxylic acids is 1. The van der Waals surface area contributed by atoms with Crippen molar-refractivity contribution in [2.24, 2.45) is 0 Å². The van der Waals surface area contributed by atoms with Gasteiger partial charge in [0.1, 0.15) is 6.54 Å². The molecule has 6 heteroatoms. The minimum atomic E-state index is -1.10. The third-order valence-corrected chi connectivity index (χ3v) is 3.81. The fraction of sp³-hybridized carbons (Fsp3) is 0.429. The molecule has 1 aliphatic carbocycles. The molecule has 0 radical (unpaired) electrons. The van der Waals surface area contributed by atoms with Gasteiger partial charge in [-0.05, 0) is 25.0 Å². The van der Waals surface area contributed by atoms with Crippen molar-refractivity contribution in [1.29, 1.82) is 0 Å². The van der Waals surface area contributed by atoms with Crippen molar-refractivity contribution < 1.29 is 19.1 Å². The first kappa shape index (κ1) is 14.8. The van der Waals surface area contributed by atoms with Gasteiger partial charge in [0.15, 0.2) is 5.82 Å². The zero-order valence-corrected chi connectivity index (χ0v) is 11.6. The van der Waals surface area contributed by atoms with Gasteiger partial charge in [0.05, 0.1) is 10.6 Å². The molecule has 1 aromatic carbocycles. The van der Waals surface area contributed by atoms with E-state index in [-0.39, 0.29) is 16.6 Å². The number of nitrogens with zero attached hydrogens (tertiary/aromatic N) is 1. The summed E-state index contributed by atoms with van der Waals surface area (Å²) in [6.07, 6.45) is 3.40. The molecular weight excluding hydrogens is 285 g/mol. The van der Waals surface area contributed by atoms with Crippen LogP contribution in [0.3, 0.4) is 0 Å². The highest BCUT2D eigenvalue weighted by Gasteiger charge is 2.30. The molecule has 0 spiro atoms. The van der Waals surface area contributed by atoms with Crippen molar-refractivity contribution in [2.45, 2.75) is 31.7 Å². The number of hydrogen-bond acceptors (Lipinski definition) is 2. The average Bonchev–Trinajstić information content (AvgIpc) is 2.92. The quantitative estimate of drug-likeness (QED) is 0.930. The van der Waals surface area contributed by atoms with Gasteiger partial charge in [0.2, 0.25) is 0 Å². The van der Waals surface area contributed by atoms with Crippen LogP contribution in [0.25, 0.3) is 0 Å². The number of halogens is 2. The van der Waals surface area contributed by atoms with E-state index in [4.69, 9.17) is 16.7 Å². The van der Waals surface area contributed by atoms with E-state index in [1.807, 2.05) is 0 Å². The predicted octanol–water partition coefficient (Wildman–Crippen LogP) is 2.95. The van der Waals surface area contributed by atoms with Gasteiger partial charge >= 0.3 is 5.97 Å². The zero-order valence-electron chi connectivity index (χ0n) is 10.8. The number of amides is 1. The number of benzene rings is 1. The minimum Gasteiger partial charge on any atom is -0.480 e. The van der Waals surface area contributed by atoms with Gasteiger partial charge in [-0.1, -0.05) is 30.5 Å². The van der Waals surface area contributed by atoms with E-state index in [9.17, 15) is 14.0 Å². The molecule has 1 fully saturated rings. The summed E-state index contributed by atoms with van der Waals surface area (Å²) in [6, 6.07) is 4.02. The number of rotatable bonds is 4. The van der Waals surface area contributed by atoms with E-state index < -0.39 is 24.2 Å². The monoisotopic (exact) mass is 299 g/mol. The molecule has 0 atom stereocenters. The summed E-state index contributed by atoms with van der Waals surface area (Å²) in [4.78, 5) is 24.6. The Morgan fingerprint density at radius 1 is 1.35 bits per heavy atom. The lowest BCUT2D eigenvalue weighted by atomic mass is 10.1. The molecule has 4 nitrogen and oxygen atoms in total. The van der Waals surface area contributed by atoms with Crippen LogP contribution >= 0.6 is 11.6 Å². The molecular formula is C14H15ClFNO3. The normalized spacial score (nSPS) is 15.3. The standard InChI is InChI=1S/C14H15ClFNO3/c15-11-7-3-6-10(13(11)16)14(20)17(8-12(18)19)9-4-1-2-5-9/h3,6-7,9H,1-2,4-5,8H2,(H,18,19). The molecule has 20 heavy (non-hydrogen) atoms. The van der Waals surface area contributed by atoms with E-state index >= 15 is 0 Å². The van der Waals surface area contributed by atoms with E-state index in [1.54, 1.807) is 0 Å². The van der Waals surface area contributed by atoms with Crippen LogP contribution in [-0.2, 0) is 4.79 Å². The fourth-order valence-corrected chi connectivity index (χ4v) is 2.73. The van der Waals surface area contributed by atoms with Crippen molar-refractivity contribution in [1.82, 2.24) is 4.90 Å². The maximum absolute atomic E-state index is 13.9. The van der Waals surface area contributed by atoms with Gasteiger partial charge in [-0.25, -0.2) is 4.39 Å². The first-order chi connectivity index (χ1) is 9.50. The Balaban J connectivity index is 2.29. The average molecular weight is 300 g/mol. The van der Waals surface area contributed by atoms with E-state index in [0.717, 1.165) is 25.7 Å². The first-order valence-electron chi connectivity index (χ1n) is 6.47. The van der Waals surface area contributed by atoms with Crippen LogP contribution in [0.15, 0.2) is 18.2 Å². The van der Waals surface area contributed by atoms with Gasteiger partial charge in [0, 0.05) is 6.04 Å². The Hall–Kier alpha value is -1.62. The molecule has 0 heterocycles. The van der Waals surface area contributed by atoms with Crippen molar-refractivity contribution in [3.05, 3.63) is 34.6 Å². The summed E-state index contributed by atoms with van der Waals surface area (Å²) in [5.74, 6) is -2.51. The molecule has 1 N–H and O–H groups in total. The Bertz CT molecular complexity index is 529.